The standard InChI is InChI=1S/C14H15N3O3/c18-14-9-11(10-5-1-2-6-10)15-16(14)12-7-3-4-8-13(12)17(19)20/h3-4,7-8,10H,1-2,5-6,9H2. The van der Waals surface area contributed by atoms with Crippen molar-refractivity contribution in [2.75, 3.05) is 5.01 Å². The van der Waals surface area contributed by atoms with Gasteiger partial charge in [-0.05, 0) is 24.8 Å². The number of nitrogens with zero attached hydrogens (tertiary/aromatic N) is 3. The van der Waals surface area contributed by atoms with Crippen molar-refractivity contribution in [1.29, 1.82) is 0 Å². The maximum absolute atomic E-state index is 12.1. The number of para-hydroxylation sites is 2. The van der Waals surface area contributed by atoms with Crippen LogP contribution in [0.4, 0.5) is 11.4 Å². The van der Waals surface area contributed by atoms with Gasteiger partial charge in [0, 0.05) is 6.07 Å². The van der Waals surface area contributed by atoms with Crippen LogP contribution < -0.4 is 5.01 Å². The molecule has 6 nitrogen and oxygen atoms in total. The lowest BCUT2D eigenvalue weighted by Crippen LogP contribution is -2.20. The Labute approximate surface area is 116 Å². The number of hydrogen-bond acceptors (Lipinski definition) is 4. The summed E-state index contributed by atoms with van der Waals surface area (Å²) >= 11 is 0. The molecular formula is C14H15N3O3. The van der Waals surface area contributed by atoms with E-state index in [1.807, 2.05) is 0 Å². The first kappa shape index (κ1) is 12.8. The van der Waals surface area contributed by atoms with Crippen LogP contribution in [-0.2, 0) is 4.79 Å². The highest BCUT2D eigenvalue weighted by Gasteiger charge is 2.34. The monoisotopic (exact) mass is 273 g/mol. The molecule has 0 N–H and O–H groups in total. The molecule has 3 rings (SSSR count). The van der Waals surface area contributed by atoms with Crippen LogP contribution in [-0.4, -0.2) is 16.5 Å². The van der Waals surface area contributed by atoms with Crippen molar-refractivity contribution in [3.8, 4) is 0 Å². The average molecular weight is 273 g/mol. The molecule has 0 radical (unpaired) electrons. The molecule has 2 aliphatic rings. The number of anilines is 1. The van der Waals surface area contributed by atoms with Crippen LogP contribution in [0.2, 0.25) is 0 Å². The van der Waals surface area contributed by atoms with Crippen LogP contribution in [0.25, 0.3) is 0 Å². The Hall–Kier alpha value is -2.24. The van der Waals surface area contributed by atoms with E-state index in [0.717, 1.165) is 18.6 Å². The summed E-state index contributed by atoms with van der Waals surface area (Å²) < 4.78 is 0. The highest BCUT2D eigenvalue weighted by molar-refractivity contribution is 6.14. The fourth-order valence-electron chi connectivity index (χ4n) is 2.92. The summed E-state index contributed by atoms with van der Waals surface area (Å²) in [6.07, 6.45) is 4.76. The third-order valence-electron chi connectivity index (χ3n) is 3.93. The lowest BCUT2D eigenvalue weighted by atomic mass is 10.00. The van der Waals surface area contributed by atoms with Crippen molar-refractivity contribution in [2.45, 2.75) is 32.1 Å². The second kappa shape index (κ2) is 5.03. The largest absolute Gasteiger partial charge is 0.295 e. The van der Waals surface area contributed by atoms with Gasteiger partial charge in [-0.3, -0.25) is 14.9 Å². The minimum absolute atomic E-state index is 0.0859. The van der Waals surface area contributed by atoms with Crippen molar-refractivity contribution >= 4 is 23.0 Å². The number of rotatable bonds is 3. The van der Waals surface area contributed by atoms with Gasteiger partial charge in [0.2, 0.25) is 0 Å². The Bertz CT molecular complexity index is 591. The minimum atomic E-state index is -0.480. The third-order valence-corrected chi connectivity index (χ3v) is 3.93. The van der Waals surface area contributed by atoms with E-state index >= 15 is 0 Å². The zero-order chi connectivity index (χ0) is 14.1. The normalized spacial score (nSPS) is 19.5. The van der Waals surface area contributed by atoms with E-state index in [-0.39, 0.29) is 23.7 Å². The quantitative estimate of drug-likeness (QED) is 0.627. The summed E-state index contributed by atoms with van der Waals surface area (Å²) in [7, 11) is 0. The van der Waals surface area contributed by atoms with Crippen molar-refractivity contribution in [2.24, 2.45) is 11.0 Å². The van der Waals surface area contributed by atoms with Gasteiger partial charge < -0.3 is 0 Å². The fraction of sp³-hybridized carbons (Fsp3) is 0.429. The maximum Gasteiger partial charge on any atom is 0.295 e. The highest BCUT2D eigenvalue weighted by Crippen LogP contribution is 2.34. The number of hydrazone groups is 1. The van der Waals surface area contributed by atoms with Crippen LogP contribution in [0.5, 0.6) is 0 Å². The van der Waals surface area contributed by atoms with Gasteiger partial charge >= 0.3 is 0 Å². The van der Waals surface area contributed by atoms with Gasteiger partial charge in [0.05, 0.1) is 17.1 Å². The molecule has 0 aromatic heterocycles. The second-order valence-electron chi connectivity index (χ2n) is 5.20. The number of carbonyl (C=O) groups is 1. The molecular weight excluding hydrogens is 258 g/mol. The predicted octanol–water partition coefficient (Wildman–Crippen LogP) is 2.88. The molecule has 1 aliphatic carbocycles. The first-order valence-corrected chi connectivity index (χ1v) is 6.80. The number of nitro benzene ring substituents is 1. The van der Waals surface area contributed by atoms with E-state index in [1.54, 1.807) is 18.2 Å². The molecule has 0 spiro atoms. The fourth-order valence-corrected chi connectivity index (χ4v) is 2.92. The smallest absolute Gasteiger partial charge is 0.272 e. The van der Waals surface area contributed by atoms with Crippen molar-refractivity contribution < 1.29 is 9.72 Å². The molecule has 104 valence electrons. The zero-order valence-electron chi connectivity index (χ0n) is 11.0. The lowest BCUT2D eigenvalue weighted by Gasteiger charge is -2.11. The van der Waals surface area contributed by atoms with E-state index in [9.17, 15) is 14.9 Å². The van der Waals surface area contributed by atoms with E-state index in [0.29, 0.717) is 5.92 Å². The van der Waals surface area contributed by atoms with Crippen molar-refractivity contribution in [3.63, 3.8) is 0 Å². The van der Waals surface area contributed by atoms with Gasteiger partial charge in [-0.25, -0.2) is 0 Å². The molecule has 20 heavy (non-hydrogen) atoms. The van der Waals surface area contributed by atoms with Gasteiger partial charge in [0.1, 0.15) is 5.69 Å². The summed E-state index contributed by atoms with van der Waals surface area (Å²) in [4.78, 5) is 22.7. The number of hydrogen-bond donors (Lipinski definition) is 0. The van der Waals surface area contributed by atoms with E-state index in [1.165, 1.54) is 23.9 Å². The number of amides is 1. The molecule has 1 fully saturated rings. The van der Waals surface area contributed by atoms with E-state index < -0.39 is 4.92 Å². The van der Waals surface area contributed by atoms with Crippen molar-refractivity contribution in [1.82, 2.24) is 0 Å². The lowest BCUT2D eigenvalue weighted by molar-refractivity contribution is -0.384. The van der Waals surface area contributed by atoms with Gasteiger partial charge in [-0.2, -0.15) is 10.1 Å². The van der Waals surface area contributed by atoms with Gasteiger partial charge in [0.15, 0.2) is 0 Å². The van der Waals surface area contributed by atoms with Crippen LogP contribution in [0, 0.1) is 16.0 Å². The van der Waals surface area contributed by atoms with E-state index in [4.69, 9.17) is 0 Å². The topological polar surface area (TPSA) is 75.8 Å². The number of carbonyl (C=O) groups excluding carboxylic acids is 1. The molecule has 1 aromatic carbocycles. The predicted molar refractivity (Wildman–Crippen MR) is 74.6 cm³/mol. The van der Waals surface area contributed by atoms with Gasteiger partial charge in [-0.15, -0.1) is 0 Å². The molecule has 1 aromatic rings. The number of benzene rings is 1. The first-order chi connectivity index (χ1) is 9.66. The molecule has 1 aliphatic heterocycles. The molecule has 0 unspecified atom stereocenters. The second-order valence-corrected chi connectivity index (χ2v) is 5.20. The number of nitro groups is 1. The van der Waals surface area contributed by atoms with Crippen LogP contribution >= 0.6 is 0 Å². The molecule has 0 atom stereocenters. The van der Waals surface area contributed by atoms with Gasteiger partial charge in [-0.1, -0.05) is 25.0 Å². The van der Waals surface area contributed by atoms with Crippen LogP contribution in [0.3, 0.4) is 0 Å². The molecule has 1 saturated carbocycles. The summed E-state index contributed by atoms with van der Waals surface area (Å²) in [6.45, 7) is 0. The first-order valence-electron chi connectivity index (χ1n) is 6.80. The summed E-state index contributed by atoms with van der Waals surface area (Å²) in [5.41, 5.74) is 1.05. The SMILES string of the molecule is O=C1CC(C2CCCC2)=NN1c1ccccc1[N+](=O)[O-]. The molecule has 6 heteroatoms. The zero-order valence-corrected chi connectivity index (χ0v) is 11.0. The Kier molecular flexibility index (Phi) is 3.22. The van der Waals surface area contributed by atoms with Crippen LogP contribution in [0.15, 0.2) is 29.4 Å². The Morgan fingerprint density at radius 1 is 1.25 bits per heavy atom. The molecule has 1 amide bonds. The van der Waals surface area contributed by atoms with Crippen molar-refractivity contribution in [3.05, 3.63) is 34.4 Å². The summed E-state index contributed by atoms with van der Waals surface area (Å²) in [6, 6.07) is 6.23. The summed E-state index contributed by atoms with van der Waals surface area (Å²) in [5.74, 6) is 0.188. The Morgan fingerprint density at radius 3 is 2.65 bits per heavy atom. The Morgan fingerprint density at radius 2 is 1.95 bits per heavy atom. The third kappa shape index (κ3) is 2.17. The minimum Gasteiger partial charge on any atom is -0.272 e. The molecule has 0 bridgehead atoms. The summed E-state index contributed by atoms with van der Waals surface area (Å²) in [5, 5.41) is 16.6. The highest BCUT2D eigenvalue weighted by atomic mass is 16.6. The van der Waals surface area contributed by atoms with Crippen LogP contribution in [0.1, 0.15) is 32.1 Å². The van der Waals surface area contributed by atoms with Gasteiger partial charge in [0.25, 0.3) is 11.6 Å². The molecule has 1 heterocycles. The Balaban J connectivity index is 1.94. The average Bonchev–Trinajstić information content (AvgIpc) is 3.07. The van der Waals surface area contributed by atoms with E-state index in [2.05, 4.69) is 5.10 Å². The maximum atomic E-state index is 12.1. The molecule has 0 saturated heterocycles.